The van der Waals surface area contributed by atoms with Crippen LogP contribution in [0.5, 0.6) is 11.5 Å². The van der Waals surface area contributed by atoms with E-state index in [2.05, 4.69) is 10.2 Å². The molecule has 0 radical (unpaired) electrons. The Morgan fingerprint density at radius 2 is 2.00 bits per heavy atom. The van der Waals surface area contributed by atoms with Crippen molar-refractivity contribution in [1.29, 1.82) is 0 Å². The van der Waals surface area contributed by atoms with E-state index in [0.717, 1.165) is 44.6 Å². The number of amides is 1. The number of para-hydroxylation sites is 1. The highest BCUT2D eigenvalue weighted by Gasteiger charge is 2.43. The first-order valence-corrected chi connectivity index (χ1v) is 9.72. The van der Waals surface area contributed by atoms with E-state index in [1.54, 1.807) is 19.1 Å². The molecule has 2 aliphatic rings. The van der Waals surface area contributed by atoms with Gasteiger partial charge in [0, 0.05) is 38.3 Å². The molecule has 1 amide bonds. The topological polar surface area (TPSA) is 74.3 Å². The van der Waals surface area contributed by atoms with Crippen molar-refractivity contribution in [3.05, 3.63) is 23.8 Å². The van der Waals surface area contributed by atoms with Crippen LogP contribution < -0.4 is 14.8 Å². The number of nitrogens with zero attached hydrogens (tertiary/aromatic N) is 2. The monoisotopic (exact) mass is 377 g/mol. The number of hydrogen-bond acceptors (Lipinski definition) is 6. The average molecular weight is 377 g/mol. The summed E-state index contributed by atoms with van der Waals surface area (Å²) >= 11 is 0. The fourth-order valence-corrected chi connectivity index (χ4v) is 4.08. The van der Waals surface area contributed by atoms with Gasteiger partial charge in [-0.1, -0.05) is 12.1 Å². The molecule has 2 aliphatic heterocycles. The molecular weight excluding hydrogens is 346 g/mol. The highest BCUT2D eigenvalue weighted by atomic mass is 16.5. The van der Waals surface area contributed by atoms with Crippen molar-refractivity contribution in [2.24, 2.45) is 0 Å². The van der Waals surface area contributed by atoms with Gasteiger partial charge in [-0.3, -0.25) is 9.69 Å². The number of carbonyl (C=O) groups is 1. The molecule has 0 bridgehead atoms. The van der Waals surface area contributed by atoms with E-state index in [1.165, 1.54) is 0 Å². The lowest BCUT2D eigenvalue weighted by molar-refractivity contribution is -0.160. The van der Waals surface area contributed by atoms with Crippen molar-refractivity contribution in [1.82, 2.24) is 15.1 Å². The van der Waals surface area contributed by atoms with E-state index in [-0.39, 0.29) is 5.91 Å². The Morgan fingerprint density at radius 3 is 2.78 bits per heavy atom. The number of β-amino-alcohol motifs (C(OH)–C–C–N with tert-alkyl or cyclic N) is 1. The summed E-state index contributed by atoms with van der Waals surface area (Å²) in [5.74, 6) is 1.10. The Hall–Kier alpha value is -1.83. The molecule has 2 fully saturated rings. The lowest BCUT2D eigenvalue weighted by Crippen LogP contribution is -2.58. The zero-order chi connectivity index (χ0) is 19.3. The number of aliphatic hydroxyl groups is 1. The van der Waals surface area contributed by atoms with Crippen LogP contribution in [0.25, 0.3) is 0 Å². The summed E-state index contributed by atoms with van der Waals surface area (Å²) in [4.78, 5) is 17.1. The van der Waals surface area contributed by atoms with Crippen LogP contribution in [0.4, 0.5) is 0 Å². The Balaban J connectivity index is 1.73. The fraction of sp³-hybridized carbons (Fsp3) is 0.650. The summed E-state index contributed by atoms with van der Waals surface area (Å²) in [5, 5.41) is 14.5. The number of piperidine rings is 1. The zero-order valence-corrected chi connectivity index (χ0v) is 16.4. The van der Waals surface area contributed by atoms with Crippen LogP contribution in [0, 0.1) is 0 Å². The molecule has 1 aromatic rings. The summed E-state index contributed by atoms with van der Waals surface area (Å²) in [7, 11) is 3.20. The first kappa shape index (κ1) is 19.9. The number of nitrogens with one attached hydrogen (secondary N) is 1. The second-order valence-corrected chi connectivity index (χ2v) is 7.39. The maximum absolute atomic E-state index is 13.1. The maximum Gasteiger partial charge on any atom is 0.256 e. The van der Waals surface area contributed by atoms with Gasteiger partial charge in [0.25, 0.3) is 5.91 Å². The van der Waals surface area contributed by atoms with Crippen LogP contribution >= 0.6 is 0 Å². The third kappa shape index (κ3) is 4.54. The average Bonchev–Trinajstić information content (AvgIpc) is 2.93. The number of likely N-dealkylation sites (tertiary alicyclic amines) is 1. The normalized spacial score (nSPS) is 24.6. The van der Waals surface area contributed by atoms with Crippen LogP contribution in [-0.2, 0) is 11.3 Å². The number of methoxy groups -OCH3 is 2. The summed E-state index contributed by atoms with van der Waals surface area (Å²) in [6.07, 6.45) is 2.34. The summed E-state index contributed by atoms with van der Waals surface area (Å²) in [5.41, 5.74) is -0.428. The first-order valence-electron chi connectivity index (χ1n) is 9.72. The number of rotatable bonds is 6. The molecule has 150 valence electrons. The van der Waals surface area contributed by atoms with Gasteiger partial charge in [-0.25, -0.2) is 0 Å². The minimum absolute atomic E-state index is 0.184. The van der Waals surface area contributed by atoms with E-state index in [1.807, 2.05) is 18.2 Å². The maximum atomic E-state index is 13.1. The second kappa shape index (κ2) is 8.91. The summed E-state index contributed by atoms with van der Waals surface area (Å²) in [6.45, 7) is 5.11. The largest absolute Gasteiger partial charge is 0.493 e. The molecule has 7 nitrogen and oxygen atoms in total. The highest BCUT2D eigenvalue weighted by Crippen LogP contribution is 2.33. The standard InChI is InChI=1S/C20H31N3O4/c1-26-17-7-3-6-16(18(17)27-2)14-23-12-4-8-20(25,19(23)24)15-22-11-5-9-21-10-13-22/h3,6-7,21,25H,4-5,8-15H2,1-2H3. The van der Waals surface area contributed by atoms with Gasteiger partial charge >= 0.3 is 0 Å². The molecule has 1 unspecified atom stereocenters. The van der Waals surface area contributed by atoms with Gasteiger partial charge < -0.3 is 24.8 Å². The van der Waals surface area contributed by atoms with Gasteiger partial charge in [-0.2, -0.15) is 0 Å². The number of hydrogen-bond donors (Lipinski definition) is 2. The lowest BCUT2D eigenvalue weighted by atomic mass is 9.90. The number of benzene rings is 1. The SMILES string of the molecule is COc1cccc(CN2CCCC(O)(CN3CCCNCC3)C2=O)c1OC. The van der Waals surface area contributed by atoms with E-state index in [0.29, 0.717) is 37.6 Å². The molecule has 1 atom stereocenters. The van der Waals surface area contributed by atoms with Crippen molar-refractivity contribution in [3.63, 3.8) is 0 Å². The van der Waals surface area contributed by atoms with Crippen LogP contribution in [0.2, 0.25) is 0 Å². The van der Waals surface area contributed by atoms with Crippen molar-refractivity contribution in [3.8, 4) is 11.5 Å². The predicted molar refractivity (Wildman–Crippen MR) is 103 cm³/mol. The van der Waals surface area contributed by atoms with Gasteiger partial charge in [-0.05, 0) is 38.4 Å². The van der Waals surface area contributed by atoms with E-state index < -0.39 is 5.60 Å². The Morgan fingerprint density at radius 1 is 1.15 bits per heavy atom. The molecule has 1 aromatic carbocycles. The van der Waals surface area contributed by atoms with E-state index in [4.69, 9.17) is 9.47 Å². The Bertz CT molecular complexity index is 646. The van der Waals surface area contributed by atoms with Crippen molar-refractivity contribution >= 4 is 5.91 Å². The molecule has 0 aromatic heterocycles. The van der Waals surface area contributed by atoms with Gasteiger partial charge in [0.05, 0.1) is 14.2 Å². The van der Waals surface area contributed by atoms with Crippen LogP contribution in [0.1, 0.15) is 24.8 Å². The Kier molecular flexibility index (Phi) is 6.57. The molecular formula is C20H31N3O4. The molecule has 2 N–H and O–H groups in total. The van der Waals surface area contributed by atoms with Crippen LogP contribution in [0.15, 0.2) is 18.2 Å². The minimum atomic E-state index is -1.31. The molecule has 2 heterocycles. The first-order chi connectivity index (χ1) is 13.1. The molecule has 0 spiro atoms. The van der Waals surface area contributed by atoms with Crippen LogP contribution in [0.3, 0.4) is 0 Å². The highest BCUT2D eigenvalue weighted by molar-refractivity contribution is 5.86. The number of carbonyl (C=O) groups excluding carboxylic acids is 1. The fourth-order valence-electron chi connectivity index (χ4n) is 4.08. The molecule has 2 saturated heterocycles. The van der Waals surface area contributed by atoms with Gasteiger partial charge in [0.2, 0.25) is 0 Å². The third-order valence-electron chi connectivity index (χ3n) is 5.47. The second-order valence-electron chi connectivity index (χ2n) is 7.39. The predicted octanol–water partition coefficient (Wildman–Crippen LogP) is 0.853. The van der Waals surface area contributed by atoms with E-state index >= 15 is 0 Å². The lowest BCUT2D eigenvalue weighted by Gasteiger charge is -2.40. The molecule has 27 heavy (non-hydrogen) atoms. The van der Waals surface area contributed by atoms with Crippen molar-refractivity contribution < 1.29 is 19.4 Å². The number of ether oxygens (including phenoxy) is 2. The summed E-state index contributed by atoms with van der Waals surface area (Å²) in [6, 6.07) is 5.66. The van der Waals surface area contributed by atoms with Gasteiger partial charge in [0.1, 0.15) is 0 Å². The molecule has 7 heteroatoms. The van der Waals surface area contributed by atoms with Crippen molar-refractivity contribution in [2.75, 3.05) is 53.5 Å². The van der Waals surface area contributed by atoms with Crippen molar-refractivity contribution in [2.45, 2.75) is 31.4 Å². The van der Waals surface area contributed by atoms with Crippen LogP contribution in [-0.4, -0.2) is 79.9 Å². The third-order valence-corrected chi connectivity index (χ3v) is 5.47. The van der Waals surface area contributed by atoms with Gasteiger partial charge in [-0.15, -0.1) is 0 Å². The Labute approximate surface area is 161 Å². The minimum Gasteiger partial charge on any atom is -0.493 e. The molecule has 0 saturated carbocycles. The zero-order valence-electron chi connectivity index (χ0n) is 16.4. The van der Waals surface area contributed by atoms with E-state index in [9.17, 15) is 9.90 Å². The quantitative estimate of drug-likeness (QED) is 0.766. The molecule has 0 aliphatic carbocycles. The van der Waals surface area contributed by atoms with Gasteiger partial charge in [0.15, 0.2) is 17.1 Å². The summed E-state index contributed by atoms with van der Waals surface area (Å²) < 4.78 is 10.8. The molecule has 3 rings (SSSR count). The smallest absolute Gasteiger partial charge is 0.256 e.